The van der Waals surface area contributed by atoms with Crippen LogP contribution in [0.1, 0.15) is 17.0 Å². The second kappa shape index (κ2) is 7.45. The summed E-state index contributed by atoms with van der Waals surface area (Å²) < 4.78 is 1.79. The first-order chi connectivity index (χ1) is 11.7. The first kappa shape index (κ1) is 16.5. The average Bonchev–Trinajstić information content (AvgIpc) is 3.23. The van der Waals surface area contributed by atoms with Crippen molar-refractivity contribution >= 4 is 5.91 Å². The van der Waals surface area contributed by atoms with Crippen LogP contribution in [0.5, 0.6) is 0 Å². The fraction of sp³-hybridized carbons (Fsp3) is 0.368. The topological polar surface area (TPSA) is 50.2 Å². The fourth-order valence-electron chi connectivity index (χ4n) is 3.35. The standard InChI is InChI=1S/C19H24N4O/c1-3-9-23(13-15-7-5-4-6-8-15)19(24)18-12-20-11-17(18)16-10-21-22(2)14-16/h3-8,10,14,17-18,20H,1,9,11-13H2,2H3/t17-,18+/m1/s1. The Balaban J connectivity index is 1.77. The summed E-state index contributed by atoms with van der Waals surface area (Å²) in [6.45, 7) is 6.51. The van der Waals surface area contributed by atoms with Gasteiger partial charge in [0.15, 0.2) is 0 Å². The van der Waals surface area contributed by atoms with Crippen molar-refractivity contribution in [2.45, 2.75) is 12.5 Å². The van der Waals surface area contributed by atoms with Crippen molar-refractivity contribution in [1.29, 1.82) is 0 Å². The quantitative estimate of drug-likeness (QED) is 0.826. The summed E-state index contributed by atoms with van der Waals surface area (Å²) in [6.07, 6.45) is 5.67. The summed E-state index contributed by atoms with van der Waals surface area (Å²) in [7, 11) is 1.90. The lowest BCUT2D eigenvalue weighted by molar-refractivity contribution is -0.135. The molecule has 2 heterocycles. The Morgan fingerprint density at radius 1 is 1.42 bits per heavy atom. The molecule has 0 spiro atoms. The van der Waals surface area contributed by atoms with E-state index in [0.29, 0.717) is 19.6 Å². The van der Waals surface area contributed by atoms with Gasteiger partial charge in [0.25, 0.3) is 0 Å². The van der Waals surface area contributed by atoms with E-state index in [1.165, 1.54) is 0 Å². The number of carbonyl (C=O) groups is 1. The molecule has 5 nitrogen and oxygen atoms in total. The molecule has 1 aromatic carbocycles. The zero-order valence-corrected chi connectivity index (χ0v) is 14.1. The predicted octanol–water partition coefficient (Wildman–Crippen LogP) is 1.94. The van der Waals surface area contributed by atoms with E-state index in [9.17, 15) is 4.79 Å². The SMILES string of the molecule is C=CCN(Cc1ccccc1)C(=O)[C@H]1CNC[C@@H]1c1cnn(C)c1. The molecule has 0 unspecified atom stereocenters. The van der Waals surface area contributed by atoms with Crippen molar-refractivity contribution < 1.29 is 4.79 Å². The van der Waals surface area contributed by atoms with Crippen LogP contribution in [0, 0.1) is 5.92 Å². The Morgan fingerprint density at radius 3 is 2.88 bits per heavy atom. The number of benzene rings is 1. The van der Waals surface area contributed by atoms with Gasteiger partial charge in [-0.2, -0.15) is 5.10 Å². The molecule has 126 valence electrons. The van der Waals surface area contributed by atoms with E-state index >= 15 is 0 Å². The summed E-state index contributed by atoms with van der Waals surface area (Å²) in [5, 5.41) is 7.61. The van der Waals surface area contributed by atoms with Gasteiger partial charge in [-0.1, -0.05) is 36.4 Å². The lowest BCUT2D eigenvalue weighted by Crippen LogP contribution is -2.38. The number of hydrogen-bond donors (Lipinski definition) is 1. The van der Waals surface area contributed by atoms with E-state index in [4.69, 9.17) is 0 Å². The lowest BCUT2D eigenvalue weighted by Gasteiger charge is -2.27. The highest BCUT2D eigenvalue weighted by atomic mass is 16.2. The first-order valence-electron chi connectivity index (χ1n) is 8.32. The van der Waals surface area contributed by atoms with E-state index in [1.54, 1.807) is 10.8 Å². The summed E-state index contributed by atoms with van der Waals surface area (Å²) in [4.78, 5) is 15.0. The molecule has 1 aromatic heterocycles. The van der Waals surface area contributed by atoms with Gasteiger partial charge in [-0.3, -0.25) is 9.48 Å². The second-order valence-corrected chi connectivity index (χ2v) is 6.31. The molecule has 5 heteroatoms. The summed E-state index contributed by atoms with van der Waals surface area (Å²) in [5.74, 6) is 0.296. The fourth-order valence-corrected chi connectivity index (χ4v) is 3.35. The van der Waals surface area contributed by atoms with Crippen LogP contribution in [0.25, 0.3) is 0 Å². The number of aromatic nitrogens is 2. The molecule has 1 aliphatic rings. The molecule has 2 aromatic rings. The number of nitrogens with zero attached hydrogens (tertiary/aromatic N) is 3. The van der Waals surface area contributed by atoms with Crippen LogP contribution in [-0.2, 0) is 18.4 Å². The maximum atomic E-state index is 13.1. The third kappa shape index (κ3) is 3.57. The number of rotatable bonds is 6. The molecule has 1 amide bonds. The van der Waals surface area contributed by atoms with Crippen molar-refractivity contribution in [3.8, 4) is 0 Å². The predicted molar refractivity (Wildman–Crippen MR) is 94.4 cm³/mol. The van der Waals surface area contributed by atoms with Gasteiger partial charge in [0.1, 0.15) is 0 Å². The number of nitrogens with one attached hydrogen (secondary N) is 1. The van der Waals surface area contributed by atoms with Crippen LogP contribution in [0.2, 0.25) is 0 Å². The minimum Gasteiger partial charge on any atom is -0.334 e. The summed E-state index contributed by atoms with van der Waals surface area (Å²) in [5.41, 5.74) is 2.26. The first-order valence-corrected chi connectivity index (χ1v) is 8.32. The number of aryl methyl sites for hydroxylation is 1. The molecule has 1 aliphatic heterocycles. The highest BCUT2D eigenvalue weighted by Gasteiger charge is 2.36. The summed E-state index contributed by atoms with van der Waals surface area (Å²) in [6, 6.07) is 10.1. The molecule has 3 rings (SSSR count). The third-order valence-electron chi connectivity index (χ3n) is 4.56. The molecular formula is C19H24N4O. The van der Waals surface area contributed by atoms with Crippen LogP contribution in [-0.4, -0.2) is 40.2 Å². The van der Waals surface area contributed by atoms with Crippen molar-refractivity contribution in [2.24, 2.45) is 13.0 Å². The van der Waals surface area contributed by atoms with E-state index < -0.39 is 0 Å². The van der Waals surface area contributed by atoms with Crippen LogP contribution >= 0.6 is 0 Å². The highest BCUT2D eigenvalue weighted by molar-refractivity contribution is 5.80. The molecule has 0 radical (unpaired) electrons. The van der Waals surface area contributed by atoms with Gasteiger partial charge in [-0.15, -0.1) is 6.58 Å². The molecule has 1 saturated heterocycles. The number of carbonyl (C=O) groups excluding carboxylic acids is 1. The van der Waals surface area contributed by atoms with E-state index in [0.717, 1.165) is 17.7 Å². The Hall–Kier alpha value is -2.40. The van der Waals surface area contributed by atoms with Gasteiger partial charge in [-0.25, -0.2) is 0 Å². The number of hydrogen-bond acceptors (Lipinski definition) is 3. The van der Waals surface area contributed by atoms with Crippen molar-refractivity contribution in [1.82, 2.24) is 20.0 Å². The van der Waals surface area contributed by atoms with Crippen molar-refractivity contribution in [2.75, 3.05) is 19.6 Å². The van der Waals surface area contributed by atoms with Crippen molar-refractivity contribution in [3.05, 3.63) is 66.5 Å². The third-order valence-corrected chi connectivity index (χ3v) is 4.56. The molecular weight excluding hydrogens is 300 g/mol. The number of amides is 1. The zero-order valence-electron chi connectivity index (χ0n) is 14.1. The maximum Gasteiger partial charge on any atom is 0.228 e. The van der Waals surface area contributed by atoms with Crippen molar-refractivity contribution in [3.63, 3.8) is 0 Å². The monoisotopic (exact) mass is 324 g/mol. The zero-order chi connectivity index (χ0) is 16.9. The normalized spacial score (nSPS) is 20.0. The molecule has 0 aliphatic carbocycles. The van der Waals surface area contributed by atoms with Gasteiger partial charge < -0.3 is 10.2 Å². The molecule has 1 N–H and O–H groups in total. The second-order valence-electron chi connectivity index (χ2n) is 6.31. The Morgan fingerprint density at radius 2 is 2.21 bits per heavy atom. The van der Waals surface area contributed by atoms with Gasteiger partial charge in [0.2, 0.25) is 5.91 Å². The van der Waals surface area contributed by atoms with Crippen LogP contribution < -0.4 is 5.32 Å². The van der Waals surface area contributed by atoms with Crippen LogP contribution in [0.4, 0.5) is 0 Å². The van der Waals surface area contributed by atoms with Gasteiger partial charge in [0, 0.05) is 45.3 Å². The average molecular weight is 324 g/mol. The lowest BCUT2D eigenvalue weighted by atomic mass is 9.89. The smallest absolute Gasteiger partial charge is 0.228 e. The highest BCUT2D eigenvalue weighted by Crippen LogP contribution is 2.29. The summed E-state index contributed by atoms with van der Waals surface area (Å²) >= 11 is 0. The molecule has 0 bridgehead atoms. The minimum absolute atomic E-state index is 0.0575. The van der Waals surface area contributed by atoms with Crippen LogP contribution in [0.15, 0.2) is 55.4 Å². The molecule has 1 fully saturated rings. The minimum atomic E-state index is -0.0575. The molecule has 24 heavy (non-hydrogen) atoms. The Bertz CT molecular complexity index is 694. The van der Waals surface area contributed by atoms with E-state index in [1.807, 2.05) is 42.5 Å². The van der Waals surface area contributed by atoms with Crippen LogP contribution in [0.3, 0.4) is 0 Å². The Labute approximate surface area is 143 Å². The van der Waals surface area contributed by atoms with Gasteiger partial charge >= 0.3 is 0 Å². The van der Waals surface area contributed by atoms with Gasteiger partial charge in [0.05, 0.1) is 12.1 Å². The molecule has 2 atom stereocenters. The molecule has 0 saturated carbocycles. The van der Waals surface area contributed by atoms with E-state index in [-0.39, 0.29) is 17.7 Å². The van der Waals surface area contributed by atoms with E-state index in [2.05, 4.69) is 29.1 Å². The Kier molecular flexibility index (Phi) is 5.11. The maximum absolute atomic E-state index is 13.1. The largest absolute Gasteiger partial charge is 0.334 e. The van der Waals surface area contributed by atoms with Gasteiger partial charge in [-0.05, 0) is 11.1 Å².